The fourth-order valence-corrected chi connectivity index (χ4v) is 1.42. The molecule has 132 valence electrons. The van der Waals surface area contributed by atoms with Crippen LogP contribution in [0.5, 0.6) is 0 Å². The standard InChI is InChI=1S/C7H7FN2O.C6H8O7/c8-5-2-1-3-6(4-5)10-7(9)11;7-3(8)1-6(13,5(11)12)2-4(9)10/h1-4H,(H3,9,10,11);13H,1-2H2,(H,7,8)(H,9,10)(H,11,12). The van der Waals surface area contributed by atoms with E-state index in [0.29, 0.717) is 5.69 Å². The molecule has 10 nitrogen and oxygen atoms in total. The molecule has 0 spiro atoms. The molecule has 2 amide bonds. The third-order valence-corrected chi connectivity index (χ3v) is 2.38. The van der Waals surface area contributed by atoms with Gasteiger partial charge in [0.1, 0.15) is 5.82 Å². The first-order valence-electron chi connectivity index (χ1n) is 6.17. The Bertz CT molecular complexity index is 618. The SMILES string of the molecule is NC(=O)Nc1cccc(F)c1.O=C(O)CC(O)(CC(=O)O)C(=O)O. The lowest BCUT2D eigenvalue weighted by Crippen LogP contribution is -2.42. The van der Waals surface area contributed by atoms with E-state index in [-0.39, 0.29) is 0 Å². The van der Waals surface area contributed by atoms with E-state index in [4.69, 9.17) is 26.2 Å². The number of carboxylic acids is 3. The molecule has 0 aliphatic rings. The number of aliphatic carboxylic acids is 3. The zero-order chi connectivity index (χ0) is 18.9. The molecule has 11 heteroatoms. The second-order valence-electron chi connectivity index (χ2n) is 4.48. The van der Waals surface area contributed by atoms with Gasteiger partial charge in [-0.25, -0.2) is 14.0 Å². The minimum absolute atomic E-state index is 0.359. The number of urea groups is 1. The number of primary amides is 1. The Hall–Kier alpha value is -3.21. The molecule has 1 aromatic carbocycles. The number of nitrogens with two attached hydrogens (primary N) is 1. The normalized spacial score (nSPS) is 10.1. The van der Waals surface area contributed by atoms with E-state index in [2.05, 4.69) is 5.32 Å². The van der Waals surface area contributed by atoms with Crippen molar-refractivity contribution in [3.05, 3.63) is 30.1 Å². The summed E-state index contributed by atoms with van der Waals surface area (Å²) in [4.78, 5) is 40.8. The van der Waals surface area contributed by atoms with Gasteiger partial charge in [-0.2, -0.15) is 0 Å². The summed E-state index contributed by atoms with van der Waals surface area (Å²) in [6, 6.07) is 4.81. The van der Waals surface area contributed by atoms with Gasteiger partial charge in [-0.15, -0.1) is 0 Å². The summed E-state index contributed by atoms with van der Waals surface area (Å²) in [5.74, 6) is -5.43. The predicted molar refractivity (Wildman–Crippen MR) is 76.7 cm³/mol. The average molecular weight is 346 g/mol. The Labute approximate surface area is 134 Å². The number of nitrogens with one attached hydrogen (secondary N) is 1. The van der Waals surface area contributed by atoms with Crippen LogP contribution in [0.3, 0.4) is 0 Å². The van der Waals surface area contributed by atoms with Crippen LogP contribution in [0, 0.1) is 5.82 Å². The fraction of sp³-hybridized carbons (Fsp3) is 0.231. The average Bonchev–Trinajstić information content (AvgIpc) is 2.36. The molecule has 0 heterocycles. The number of halogens is 1. The van der Waals surface area contributed by atoms with Gasteiger partial charge in [0.25, 0.3) is 0 Å². The zero-order valence-corrected chi connectivity index (χ0v) is 12.1. The molecule has 24 heavy (non-hydrogen) atoms. The first kappa shape index (κ1) is 20.8. The molecule has 0 atom stereocenters. The quantitative estimate of drug-likeness (QED) is 0.417. The molecule has 0 aromatic heterocycles. The lowest BCUT2D eigenvalue weighted by molar-refractivity contribution is -0.170. The molecule has 0 aliphatic heterocycles. The van der Waals surface area contributed by atoms with Crippen molar-refractivity contribution >= 4 is 29.6 Å². The number of aliphatic hydroxyl groups is 1. The highest BCUT2D eigenvalue weighted by atomic mass is 19.1. The zero-order valence-electron chi connectivity index (χ0n) is 12.1. The van der Waals surface area contributed by atoms with Gasteiger partial charge in [-0.1, -0.05) is 6.07 Å². The highest BCUT2D eigenvalue weighted by Crippen LogP contribution is 2.15. The van der Waals surface area contributed by atoms with Gasteiger partial charge >= 0.3 is 23.9 Å². The molecule has 7 N–H and O–H groups in total. The van der Waals surface area contributed by atoms with Crippen molar-refractivity contribution < 1.29 is 44.0 Å². The number of anilines is 1. The summed E-state index contributed by atoms with van der Waals surface area (Å²) in [6.45, 7) is 0. The molecule has 1 aromatic rings. The summed E-state index contributed by atoms with van der Waals surface area (Å²) in [5.41, 5.74) is 2.42. The van der Waals surface area contributed by atoms with E-state index < -0.39 is 48.2 Å². The van der Waals surface area contributed by atoms with Crippen LogP contribution in [0.2, 0.25) is 0 Å². The van der Waals surface area contributed by atoms with Crippen LogP contribution in [0.25, 0.3) is 0 Å². The van der Waals surface area contributed by atoms with Gasteiger partial charge < -0.3 is 31.5 Å². The van der Waals surface area contributed by atoms with Gasteiger partial charge in [0, 0.05) is 5.69 Å². The summed E-state index contributed by atoms with van der Waals surface area (Å²) in [6.07, 6.45) is -2.29. The van der Waals surface area contributed by atoms with Gasteiger partial charge in [0.05, 0.1) is 12.8 Å². The maximum atomic E-state index is 12.4. The summed E-state index contributed by atoms with van der Waals surface area (Å²) >= 11 is 0. The van der Waals surface area contributed by atoms with Gasteiger partial charge in [-0.05, 0) is 18.2 Å². The summed E-state index contributed by atoms with van der Waals surface area (Å²) in [7, 11) is 0. The highest BCUT2D eigenvalue weighted by Gasteiger charge is 2.40. The van der Waals surface area contributed by atoms with Crippen molar-refractivity contribution in [1.29, 1.82) is 0 Å². The van der Waals surface area contributed by atoms with Gasteiger partial charge in [0.2, 0.25) is 0 Å². The maximum absolute atomic E-state index is 12.4. The molecular formula is C13H15FN2O8. The van der Waals surface area contributed by atoms with Crippen molar-refractivity contribution in [3.63, 3.8) is 0 Å². The van der Waals surface area contributed by atoms with Crippen LogP contribution < -0.4 is 11.1 Å². The number of benzene rings is 1. The van der Waals surface area contributed by atoms with Crippen LogP contribution in [-0.4, -0.2) is 50.0 Å². The molecule has 0 unspecified atom stereocenters. The Morgan fingerprint density at radius 2 is 1.58 bits per heavy atom. The van der Waals surface area contributed by atoms with E-state index in [0.717, 1.165) is 0 Å². The number of carbonyl (C=O) groups excluding carboxylic acids is 1. The molecule has 0 radical (unpaired) electrons. The number of carbonyl (C=O) groups is 4. The van der Waals surface area contributed by atoms with Crippen molar-refractivity contribution in [2.24, 2.45) is 5.73 Å². The minimum Gasteiger partial charge on any atom is -0.481 e. The van der Waals surface area contributed by atoms with Crippen molar-refractivity contribution in [2.75, 3.05) is 5.32 Å². The predicted octanol–water partition coefficient (Wildman–Crippen LogP) is 0.0678. The first-order valence-corrected chi connectivity index (χ1v) is 6.17. The van der Waals surface area contributed by atoms with Crippen LogP contribution in [0.15, 0.2) is 24.3 Å². The second kappa shape index (κ2) is 9.05. The number of hydrogen-bond acceptors (Lipinski definition) is 5. The number of hydrogen-bond donors (Lipinski definition) is 6. The second-order valence-corrected chi connectivity index (χ2v) is 4.48. The number of amides is 2. The Balaban J connectivity index is 0.000000446. The highest BCUT2D eigenvalue weighted by molar-refractivity contribution is 5.88. The molecule has 0 aliphatic carbocycles. The fourth-order valence-electron chi connectivity index (χ4n) is 1.42. The first-order chi connectivity index (χ1) is 11.0. The Morgan fingerprint density at radius 1 is 1.08 bits per heavy atom. The smallest absolute Gasteiger partial charge is 0.336 e. The summed E-state index contributed by atoms with van der Waals surface area (Å²) < 4.78 is 12.4. The van der Waals surface area contributed by atoms with E-state index in [9.17, 15) is 23.6 Å². The number of carboxylic acid groups (broad SMARTS) is 3. The molecule has 0 saturated heterocycles. The topological polar surface area (TPSA) is 187 Å². The van der Waals surface area contributed by atoms with Crippen molar-refractivity contribution in [3.8, 4) is 0 Å². The third kappa shape index (κ3) is 8.29. The lowest BCUT2D eigenvalue weighted by Gasteiger charge is -2.18. The van der Waals surface area contributed by atoms with E-state index >= 15 is 0 Å². The van der Waals surface area contributed by atoms with Crippen LogP contribution >= 0.6 is 0 Å². The summed E-state index contributed by atoms with van der Waals surface area (Å²) in [5, 5.41) is 36.1. The lowest BCUT2D eigenvalue weighted by atomic mass is 9.96. The third-order valence-electron chi connectivity index (χ3n) is 2.38. The Morgan fingerprint density at radius 3 is 1.92 bits per heavy atom. The van der Waals surface area contributed by atoms with E-state index in [1.807, 2.05) is 0 Å². The van der Waals surface area contributed by atoms with Crippen LogP contribution in [0.1, 0.15) is 12.8 Å². The van der Waals surface area contributed by atoms with Crippen molar-refractivity contribution in [2.45, 2.75) is 18.4 Å². The largest absolute Gasteiger partial charge is 0.481 e. The molecule has 0 bridgehead atoms. The van der Waals surface area contributed by atoms with E-state index in [1.54, 1.807) is 6.07 Å². The van der Waals surface area contributed by atoms with E-state index in [1.165, 1.54) is 18.2 Å². The molecule has 1 rings (SSSR count). The van der Waals surface area contributed by atoms with Crippen molar-refractivity contribution in [1.82, 2.24) is 0 Å². The molecular weight excluding hydrogens is 331 g/mol. The molecule has 0 fully saturated rings. The van der Waals surface area contributed by atoms with Gasteiger partial charge in [-0.3, -0.25) is 9.59 Å². The van der Waals surface area contributed by atoms with Crippen LogP contribution in [0.4, 0.5) is 14.9 Å². The maximum Gasteiger partial charge on any atom is 0.336 e. The van der Waals surface area contributed by atoms with Crippen LogP contribution in [-0.2, 0) is 14.4 Å². The number of rotatable bonds is 6. The Kier molecular flexibility index (Phi) is 7.84. The monoisotopic (exact) mass is 346 g/mol. The minimum atomic E-state index is -2.74. The molecule has 0 saturated carbocycles. The van der Waals surface area contributed by atoms with Gasteiger partial charge in [0.15, 0.2) is 5.60 Å².